The molecule has 1 aromatic heterocycles. The van der Waals surface area contributed by atoms with E-state index >= 15 is 0 Å². The largest absolute Gasteiger partial charge is 0.482 e. The molecule has 3 aliphatic rings. The molecule has 0 unspecified atom stereocenters. The Kier molecular flexibility index (Phi) is 7.21. The van der Waals surface area contributed by atoms with Crippen molar-refractivity contribution >= 4 is 29.1 Å². The van der Waals surface area contributed by atoms with Gasteiger partial charge in [0.15, 0.2) is 6.61 Å². The molecule has 186 valence electrons. The molecule has 2 amide bonds. The molecule has 0 saturated carbocycles. The van der Waals surface area contributed by atoms with Gasteiger partial charge in [-0.3, -0.25) is 14.5 Å². The highest BCUT2D eigenvalue weighted by Gasteiger charge is 2.21. The number of nitrogens with zero attached hydrogens (tertiary/aromatic N) is 4. The Balaban J connectivity index is 1.31. The lowest BCUT2D eigenvalue weighted by atomic mass is 10.2. The van der Waals surface area contributed by atoms with Gasteiger partial charge in [0.05, 0.1) is 32.1 Å². The molecule has 35 heavy (non-hydrogen) atoms. The minimum Gasteiger partial charge on any atom is -0.482 e. The van der Waals surface area contributed by atoms with Gasteiger partial charge >= 0.3 is 0 Å². The van der Waals surface area contributed by atoms with Crippen LogP contribution in [0.15, 0.2) is 24.3 Å². The minimum atomic E-state index is -0.414. The maximum Gasteiger partial charge on any atom is 0.274 e. The first-order valence-corrected chi connectivity index (χ1v) is 11.7. The Hall–Kier alpha value is -3.48. The fourth-order valence-electron chi connectivity index (χ4n) is 3.97. The summed E-state index contributed by atoms with van der Waals surface area (Å²) in [6.07, 6.45) is 0. The molecule has 12 heteroatoms. The third-order valence-electron chi connectivity index (χ3n) is 5.85. The first kappa shape index (κ1) is 23.3. The topological polar surface area (TPSA) is 127 Å². The van der Waals surface area contributed by atoms with Crippen molar-refractivity contribution in [3.63, 3.8) is 0 Å². The Morgan fingerprint density at radius 1 is 1.06 bits per heavy atom. The third kappa shape index (κ3) is 5.96. The van der Waals surface area contributed by atoms with Crippen molar-refractivity contribution in [1.82, 2.24) is 14.9 Å². The molecule has 0 bridgehead atoms. The van der Waals surface area contributed by atoms with Crippen LogP contribution in [-0.2, 0) is 14.3 Å². The smallest absolute Gasteiger partial charge is 0.274 e. The van der Waals surface area contributed by atoms with Crippen molar-refractivity contribution in [3.05, 3.63) is 30.0 Å². The van der Waals surface area contributed by atoms with Crippen molar-refractivity contribution in [2.45, 2.75) is 0 Å². The highest BCUT2D eigenvalue weighted by molar-refractivity contribution is 6.04. The molecule has 2 fully saturated rings. The summed E-state index contributed by atoms with van der Waals surface area (Å²) in [5, 5.41) is 5.56. The number of benzene rings is 1. The predicted molar refractivity (Wildman–Crippen MR) is 126 cm³/mol. The average molecular weight is 485 g/mol. The number of nitrogens with one attached hydrogen (secondary N) is 2. The molecule has 2 aromatic rings. The summed E-state index contributed by atoms with van der Waals surface area (Å²) >= 11 is 0. The van der Waals surface area contributed by atoms with E-state index in [1.165, 1.54) is 0 Å². The second-order valence-electron chi connectivity index (χ2n) is 8.30. The standard InChI is InChI=1S/C23H28N6O6/c30-20-15-35-19-2-1-16(13-17(19)25-20)24-22(31)18-14-21(34-12-5-28-3-8-32-9-4-28)27-23(26-18)29-6-10-33-11-7-29/h1-2,13-14H,3-12,15H2,(H,24,31)(H,25,30). The fourth-order valence-corrected chi connectivity index (χ4v) is 3.97. The molecule has 0 spiro atoms. The van der Waals surface area contributed by atoms with Crippen LogP contribution in [0.1, 0.15) is 10.5 Å². The number of hydrogen-bond acceptors (Lipinski definition) is 10. The van der Waals surface area contributed by atoms with E-state index in [4.69, 9.17) is 18.9 Å². The third-order valence-corrected chi connectivity index (χ3v) is 5.85. The maximum atomic E-state index is 13.1. The van der Waals surface area contributed by atoms with Crippen LogP contribution < -0.4 is 25.0 Å². The van der Waals surface area contributed by atoms with Gasteiger partial charge in [0.25, 0.3) is 11.8 Å². The van der Waals surface area contributed by atoms with E-state index in [1.54, 1.807) is 24.3 Å². The quantitative estimate of drug-likeness (QED) is 0.577. The summed E-state index contributed by atoms with van der Waals surface area (Å²) in [7, 11) is 0. The number of hydrogen-bond donors (Lipinski definition) is 2. The highest BCUT2D eigenvalue weighted by atomic mass is 16.5. The Morgan fingerprint density at radius 2 is 1.83 bits per heavy atom. The molecule has 0 atom stereocenters. The summed E-state index contributed by atoms with van der Waals surface area (Å²) < 4.78 is 22.1. The highest BCUT2D eigenvalue weighted by Crippen LogP contribution is 2.30. The van der Waals surface area contributed by atoms with Gasteiger partial charge in [-0.2, -0.15) is 4.98 Å². The second kappa shape index (κ2) is 10.8. The summed E-state index contributed by atoms with van der Waals surface area (Å²) in [4.78, 5) is 38.0. The van der Waals surface area contributed by atoms with Crippen molar-refractivity contribution in [2.75, 3.05) is 87.9 Å². The predicted octanol–water partition coefficient (Wildman–Crippen LogP) is 0.607. The summed E-state index contributed by atoms with van der Waals surface area (Å²) in [6.45, 7) is 6.71. The van der Waals surface area contributed by atoms with Crippen LogP contribution in [-0.4, -0.2) is 99.0 Å². The van der Waals surface area contributed by atoms with E-state index in [2.05, 4.69) is 25.5 Å². The van der Waals surface area contributed by atoms with Crippen LogP contribution in [0.4, 0.5) is 17.3 Å². The van der Waals surface area contributed by atoms with Gasteiger partial charge in [0.1, 0.15) is 18.1 Å². The van der Waals surface area contributed by atoms with E-state index in [0.717, 1.165) is 32.8 Å². The number of carbonyl (C=O) groups is 2. The van der Waals surface area contributed by atoms with E-state index in [1.807, 2.05) is 4.90 Å². The number of amides is 2. The van der Waals surface area contributed by atoms with Gasteiger partial charge in [0, 0.05) is 44.5 Å². The van der Waals surface area contributed by atoms with Gasteiger partial charge in [-0.15, -0.1) is 0 Å². The van der Waals surface area contributed by atoms with Crippen LogP contribution in [0.3, 0.4) is 0 Å². The molecule has 4 heterocycles. The second-order valence-corrected chi connectivity index (χ2v) is 8.30. The molecule has 0 aliphatic carbocycles. The van der Waals surface area contributed by atoms with Crippen LogP contribution >= 0.6 is 0 Å². The van der Waals surface area contributed by atoms with Crippen LogP contribution in [0.25, 0.3) is 0 Å². The number of rotatable bonds is 7. The number of anilines is 3. The van der Waals surface area contributed by atoms with Crippen molar-refractivity contribution < 1.29 is 28.5 Å². The molecule has 12 nitrogen and oxygen atoms in total. The van der Waals surface area contributed by atoms with Gasteiger partial charge in [-0.05, 0) is 18.2 Å². The van der Waals surface area contributed by atoms with E-state index in [-0.39, 0.29) is 18.2 Å². The molecular weight excluding hydrogens is 456 g/mol. The number of carbonyl (C=O) groups excluding carboxylic acids is 2. The monoisotopic (exact) mass is 484 g/mol. The van der Waals surface area contributed by atoms with Crippen LogP contribution in [0, 0.1) is 0 Å². The van der Waals surface area contributed by atoms with Gasteiger partial charge in [-0.25, -0.2) is 4.98 Å². The lowest BCUT2D eigenvalue weighted by Gasteiger charge is -2.27. The number of morpholine rings is 2. The molecule has 3 aliphatic heterocycles. The summed E-state index contributed by atoms with van der Waals surface area (Å²) in [6, 6.07) is 6.59. The van der Waals surface area contributed by atoms with Gasteiger partial charge < -0.3 is 34.5 Å². The summed E-state index contributed by atoms with van der Waals surface area (Å²) in [5.41, 5.74) is 1.18. The normalized spacial score (nSPS) is 18.3. The molecule has 2 N–H and O–H groups in total. The van der Waals surface area contributed by atoms with E-state index < -0.39 is 5.91 Å². The zero-order valence-corrected chi connectivity index (χ0v) is 19.3. The minimum absolute atomic E-state index is 0.0295. The number of fused-ring (bicyclic) bond motifs is 1. The van der Waals surface area contributed by atoms with E-state index in [0.29, 0.717) is 61.9 Å². The van der Waals surface area contributed by atoms with Crippen LogP contribution in [0.2, 0.25) is 0 Å². The first-order chi connectivity index (χ1) is 17.1. The van der Waals surface area contributed by atoms with E-state index in [9.17, 15) is 9.59 Å². The first-order valence-electron chi connectivity index (χ1n) is 11.7. The lowest BCUT2D eigenvalue weighted by Crippen LogP contribution is -2.39. The summed E-state index contributed by atoms with van der Waals surface area (Å²) in [5.74, 6) is 0.656. The number of ether oxygens (including phenoxy) is 4. The average Bonchev–Trinajstić information content (AvgIpc) is 2.89. The molecule has 2 saturated heterocycles. The van der Waals surface area contributed by atoms with Gasteiger partial charge in [0.2, 0.25) is 11.8 Å². The Morgan fingerprint density at radius 3 is 2.63 bits per heavy atom. The van der Waals surface area contributed by atoms with Crippen molar-refractivity contribution in [1.29, 1.82) is 0 Å². The Bertz CT molecular complexity index is 1070. The van der Waals surface area contributed by atoms with Crippen molar-refractivity contribution in [2.24, 2.45) is 0 Å². The zero-order valence-electron chi connectivity index (χ0n) is 19.3. The lowest BCUT2D eigenvalue weighted by molar-refractivity contribution is -0.118. The molecule has 5 rings (SSSR count). The number of aromatic nitrogens is 2. The molecular formula is C23H28N6O6. The zero-order chi connectivity index (χ0) is 24.0. The SMILES string of the molecule is O=C1COc2ccc(NC(=O)c3cc(OCCN4CCOCC4)nc(N4CCOCC4)n3)cc2N1. The maximum absolute atomic E-state index is 13.1. The Labute approximate surface area is 202 Å². The molecule has 0 radical (unpaired) electrons. The van der Waals surface area contributed by atoms with Crippen LogP contribution in [0.5, 0.6) is 11.6 Å². The van der Waals surface area contributed by atoms with Crippen molar-refractivity contribution in [3.8, 4) is 11.6 Å². The molecule has 1 aromatic carbocycles. The fraction of sp³-hybridized carbons (Fsp3) is 0.478. The van der Waals surface area contributed by atoms with Gasteiger partial charge in [-0.1, -0.05) is 0 Å².